The van der Waals surface area contributed by atoms with E-state index in [-0.39, 0.29) is 0 Å². The number of carbonyl (C=O) groups excluding carboxylic acids is 1. The lowest BCUT2D eigenvalue weighted by Crippen LogP contribution is -2.37. The van der Waals surface area contributed by atoms with Gasteiger partial charge in [0.2, 0.25) is 0 Å². The van der Waals surface area contributed by atoms with Gasteiger partial charge >= 0.3 is 0 Å². The number of carbonyl (C=O) groups is 1. The van der Waals surface area contributed by atoms with E-state index in [9.17, 15) is 4.79 Å². The average molecular weight is 165 g/mol. The second-order valence-electron chi connectivity index (χ2n) is 3.77. The van der Waals surface area contributed by atoms with Gasteiger partial charge in [-0.05, 0) is 13.3 Å². The smallest absolute Gasteiger partial charge is 0.135 e. The molecule has 0 bridgehead atoms. The Balaban J connectivity index is 2.07. The third-order valence-electron chi connectivity index (χ3n) is 2.97. The summed E-state index contributed by atoms with van der Waals surface area (Å²) in [6.45, 7) is 4.19. The lowest BCUT2D eigenvalue weighted by molar-refractivity contribution is -0.122. The molecule has 2 fully saturated rings. The van der Waals surface area contributed by atoms with E-state index in [1.165, 1.54) is 5.57 Å². The van der Waals surface area contributed by atoms with Gasteiger partial charge in [-0.2, -0.15) is 0 Å². The molecular formula is C10H15NO. The molecule has 2 heterocycles. The first-order valence-electron chi connectivity index (χ1n) is 4.69. The summed E-state index contributed by atoms with van der Waals surface area (Å²) in [5, 5.41) is 0. The largest absolute Gasteiger partial charge is 0.300 e. The zero-order valence-corrected chi connectivity index (χ0v) is 7.55. The molecule has 1 unspecified atom stereocenters. The van der Waals surface area contributed by atoms with Crippen molar-refractivity contribution < 1.29 is 4.79 Å². The Bertz CT molecular complexity index is 232. The number of rotatable bonds is 0. The van der Waals surface area contributed by atoms with Crippen molar-refractivity contribution in [3.05, 3.63) is 11.6 Å². The number of Topliss-reactive ketones (excluding diaryl/α,β-unsaturated/α-hetero) is 1. The summed E-state index contributed by atoms with van der Waals surface area (Å²) >= 11 is 0. The number of piperidine rings is 1. The number of ketones is 1. The predicted molar refractivity (Wildman–Crippen MR) is 48.0 cm³/mol. The first-order chi connectivity index (χ1) is 5.79. The van der Waals surface area contributed by atoms with Gasteiger partial charge in [0.1, 0.15) is 5.78 Å². The lowest BCUT2D eigenvalue weighted by atomic mass is 10.0. The molecule has 0 aromatic rings. The molecule has 2 saturated heterocycles. The number of allylic oxidation sites excluding steroid dienone is 1. The van der Waals surface area contributed by atoms with Gasteiger partial charge in [0, 0.05) is 32.0 Å². The molecule has 0 aromatic heterocycles. The average Bonchev–Trinajstić information content (AvgIpc) is 2.46. The first-order valence-corrected chi connectivity index (χ1v) is 4.69. The number of hydrogen-bond donors (Lipinski definition) is 0. The molecule has 0 aromatic carbocycles. The number of nitrogens with zero attached hydrogens (tertiary/aromatic N) is 1. The topological polar surface area (TPSA) is 20.3 Å². The molecule has 0 spiro atoms. The van der Waals surface area contributed by atoms with Crippen molar-refractivity contribution >= 4 is 5.78 Å². The van der Waals surface area contributed by atoms with Crippen LogP contribution in [0.5, 0.6) is 0 Å². The lowest BCUT2D eigenvalue weighted by Gasteiger charge is -2.27. The van der Waals surface area contributed by atoms with Crippen LogP contribution >= 0.6 is 0 Å². The van der Waals surface area contributed by atoms with Crippen molar-refractivity contribution in [1.82, 2.24) is 4.90 Å². The monoisotopic (exact) mass is 165 g/mol. The van der Waals surface area contributed by atoms with Crippen LogP contribution in [0.3, 0.4) is 0 Å². The van der Waals surface area contributed by atoms with Crippen LogP contribution in [0.25, 0.3) is 0 Å². The van der Waals surface area contributed by atoms with Crippen molar-refractivity contribution in [2.75, 3.05) is 13.1 Å². The molecule has 0 amide bonds. The van der Waals surface area contributed by atoms with Gasteiger partial charge in [-0.25, -0.2) is 0 Å². The van der Waals surface area contributed by atoms with Gasteiger partial charge in [-0.3, -0.25) is 9.69 Å². The van der Waals surface area contributed by atoms with E-state index in [1.807, 2.05) is 0 Å². The Kier molecular flexibility index (Phi) is 2.01. The quantitative estimate of drug-likeness (QED) is 0.505. The van der Waals surface area contributed by atoms with Crippen LogP contribution in [0.15, 0.2) is 11.6 Å². The summed E-state index contributed by atoms with van der Waals surface area (Å²) in [6.07, 6.45) is 4.88. The third kappa shape index (κ3) is 1.31. The molecule has 0 radical (unpaired) electrons. The van der Waals surface area contributed by atoms with Crippen LogP contribution in [0.4, 0.5) is 0 Å². The Morgan fingerprint density at radius 2 is 2.33 bits per heavy atom. The number of fused-ring (bicyclic) bond motifs is 1. The van der Waals surface area contributed by atoms with Gasteiger partial charge < -0.3 is 0 Å². The van der Waals surface area contributed by atoms with Crippen LogP contribution < -0.4 is 0 Å². The summed E-state index contributed by atoms with van der Waals surface area (Å²) < 4.78 is 0. The highest BCUT2D eigenvalue weighted by molar-refractivity contribution is 5.80. The molecule has 2 nitrogen and oxygen atoms in total. The summed E-state index contributed by atoms with van der Waals surface area (Å²) in [6, 6.07) is 0.539. The van der Waals surface area contributed by atoms with E-state index < -0.39 is 0 Å². The van der Waals surface area contributed by atoms with E-state index in [1.54, 1.807) is 0 Å². The molecule has 66 valence electrons. The second-order valence-corrected chi connectivity index (χ2v) is 3.77. The molecule has 12 heavy (non-hydrogen) atoms. The zero-order chi connectivity index (χ0) is 8.55. The van der Waals surface area contributed by atoms with Gasteiger partial charge in [-0.15, -0.1) is 0 Å². The molecule has 0 saturated carbocycles. The highest BCUT2D eigenvalue weighted by Crippen LogP contribution is 2.28. The minimum absolute atomic E-state index is 0.452. The van der Waals surface area contributed by atoms with Crippen LogP contribution in [0.2, 0.25) is 0 Å². The first kappa shape index (κ1) is 7.99. The highest BCUT2D eigenvalue weighted by atomic mass is 16.1. The Labute approximate surface area is 73.2 Å². The van der Waals surface area contributed by atoms with Crippen LogP contribution in [0.1, 0.15) is 26.2 Å². The summed E-state index contributed by atoms with van der Waals surface area (Å²) in [5.41, 5.74) is 1.51. The molecule has 2 rings (SSSR count). The van der Waals surface area contributed by atoms with E-state index >= 15 is 0 Å². The minimum atomic E-state index is 0.452. The Morgan fingerprint density at radius 1 is 1.50 bits per heavy atom. The van der Waals surface area contributed by atoms with Gasteiger partial charge in [-0.1, -0.05) is 11.6 Å². The van der Waals surface area contributed by atoms with E-state index in [4.69, 9.17) is 0 Å². The third-order valence-corrected chi connectivity index (χ3v) is 2.97. The summed E-state index contributed by atoms with van der Waals surface area (Å²) in [7, 11) is 0. The van der Waals surface area contributed by atoms with Crippen molar-refractivity contribution in [2.45, 2.75) is 32.2 Å². The van der Waals surface area contributed by atoms with E-state index in [0.29, 0.717) is 11.8 Å². The molecule has 0 aliphatic carbocycles. The number of hydrogen-bond acceptors (Lipinski definition) is 2. The minimum Gasteiger partial charge on any atom is -0.300 e. The highest BCUT2D eigenvalue weighted by Gasteiger charge is 2.32. The maximum atomic E-state index is 11.2. The van der Waals surface area contributed by atoms with Gasteiger partial charge in [0.05, 0.1) is 0 Å². The van der Waals surface area contributed by atoms with Crippen molar-refractivity contribution in [1.29, 1.82) is 0 Å². The van der Waals surface area contributed by atoms with E-state index in [0.717, 1.165) is 32.4 Å². The van der Waals surface area contributed by atoms with Gasteiger partial charge in [0.25, 0.3) is 0 Å². The predicted octanol–water partition coefficient (Wildman–Crippen LogP) is 1.37. The molecular weight excluding hydrogens is 150 g/mol. The Hall–Kier alpha value is -0.630. The Morgan fingerprint density at radius 3 is 3.08 bits per heavy atom. The molecule has 2 aliphatic heterocycles. The fraction of sp³-hybridized carbons (Fsp3) is 0.700. The molecule has 2 heteroatoms. The standard InChI is InChI=1S/C10H15NO/c1-2-8-5-9-6-10(12)3-4-11(9)7-8/h2,9H,3-7H2,1H3. The summed E-state index contributed by atoms with van der Waals surface area (Å²) in [5.74, 6) is 0.452. The second kappa shape index (κ2) is 3.02. The fourth-order valence-electron chi connectivity index (χ4n) is 2.19. The van der Waals surface area contributed by atoms with Crippen molar-refractivity contribution in [2.24, 2.45) is 0 Å². The van der Waals surface area contributed by atoms with Gasteiger partial charge in [0.15, 0.2) is 0 Å². The fourth-order valence-corrected chi connectivity index (χ4v) is 2.19. The molecule has 2 aliphatic rings. The molecule has 0 N–H and O–H groups in total. The van der Waals surface area contributed by atoms with Crippen LogP contribution in [0, 0.1) is 0 Å². The molecule has 1 atom stereocenters. The van der Waals surface area contributed by atoms with Crippen LogP contribution in [-0.4, -0.2) is 29.8 Å². The normalized spacial score (nSPS) is 34.2. The maximum absolute atomic E-state index is 11.2. The van der Waals surface area contributed by atoms with Crippen LogP contribution in [-0.2, 0) is 4.79 Å². The SMILES string of the molecule is CC=C1CC2CC(=O)CCN2C1. The van der Waals surface area contributed by atoms with Crippen molar-refractivity contribution in [3.63, 3.8) is 0 Å². The maximum Gasteiger partial charge on any atom is 0.135 e. The zero-order valence-electron chi connectivity index (χ0n) is 7.55. The van der Waals surface area contributed by atoms with Crippen molar-refractivity contribution in [3.8, 4) is 0 Å². The van der Waals surface area contributed by atoms with E-state index in [2.05, 4.69) is 17.9 Å². The summed E-state index contributed by atoms with van der Waals surface area (Å²) in [4.78, 5) is 13.6.